The van der Waals surface area contributed by atoms with E-state index < -0.39 is 0 Å². The lowest BCUT2D eigenvalue weighted by atomic mass is 10.1. The highest BCUT2D eigenvalue weighted by atomic mass is 32.2. The first-order chi connectivity index (χ1) is 7.63. The molecule has 2 rings (SSSR count). The number of halogens is 1. The second-order valence-corrected chi connectivity index (χ2v) is 4.26. The van der Waals surface area contributed by atoms with Gasteiger partial charge in [-0.15, -0.1) is 11.8 Å². The number of rotatable bonds is 2. The summed E-state index contributed by atoms with van der Waals surface area (Å²) in [5, 5.41) is 4.06. The first kappa shape index (κ1) is 11.0. The maximum atomic E-state index is 13.3. The average molecular weight is 237 g/mol. The maximum absolute atomic E-state index is 13.3. The first-order valence-corrected chi connectivity index (χ1v) is 5.97. The molecule has 0 radical (unpaired) electrons. The van der Waals surface area contributed by atoms with Gasteiger partial charge >= 0.3 is 0 Å². The van der Waals surface area contributed by atoms with E-state index in [0.29, 0.717) is 10.7 Å². The molecule has 1 heterocycles. The molecule has 1 aromatic carbocycles. The van der Waals surface area contributed by atoms with E-state index in [9.17, 15) is 4.39 Å². The Morgan fingerprint density at radius 1 is 1.44 bits per heavy atom. The van der Waals surface area contributed by atoms with E-state index in [1.165, 1.54) is 17.8 Å². The summed E-state index contributed by atoms with van der Waals surface area (Å²) in [6.07, 6.45) is 3.53. The molecule has 1 aromatic heterocycles. The van der Waals surface area contributed by atoms with Crippen molar-refractivity contribution >= 4 is 17.6 Å². The predicted molar refractivity (Wildman–Crippen MR) is 64.8 cm³/mol. The average Bonchev–Trinajstić information content (AvgIpc) is 2.61. The molecule has 0 saturated carbocycles. The molecule has 0 bridgehead atoms. The van der Waals surface area contributed by atoms with Gasteiger partial charge in [0.2, 0.25) is 0 Å². The molecule has 2 aromatic rings. The molecule has 0 aliphatic heterocycles. The van der Waals surface area contributed by atoms with Crippen LogP contribution in [0.25, 0.3) is 11.1 Å². The summed E-state index contributed by atoms with van der Waals surface area (Å²) in [7, 11) is 1.78. The van der Waals surface area contributed by atoms with Crippen LogP contribution in [0.3, 0.4) is 0 Å². The number of thioether (sulfide) groups is 1. The number of hydrogen-bond acceptors (Lipinski definition) is 3. The van der Waals surface area contributed by atoms with Gasteiger partial charge in [0, 0.05) is 17.5 Å². The highest BCUT2D eigenvalue weighted by molar-refractivity contribution is 7.98. The van der Waals surface area contributed by atoms with Crippen molar-refractivity contribution in [2.24, 2.45) is 7.05 Å². The quantitative estimate of drug-likeness (QED) is 0.816. The SMILES string of the molecule is CSc1cc(-c2cnn(C)c2N)ccc1F. The molecule has 2 N–H and O–H groups in total. The van der Waals surface area contributed by atoms with Crippen molar-refractivity contribution in [3.63, 3.8) is 0 Å². The second-order valence-electron chi connectivity index (χ2n) is 3.42. The molecule has 0 amide bonds. The Morgan fingerprint density at radius 2 is 2.19 bits per heavy atom. The van der Waals surface area contributed by atoms with Gasteiger partial charge in [0.15, 0.2) is 0 Å². The number of nitrogen functional groups attached to an aromatic ring is 1. The van der Waals surface area contributed by atoms with Crippen LogP contribution in [0, 0.1) is 5.82 Å². The molecule has 0 aliphatic rings. The van der Waals surface area contributed by atoms with Gasteiger partial charge in [-0.25, -0.2) is 4.39 Å². The Kier molecular flexibility index (Phi) is 2.87. The summed E-state index contributed by atoms with van der Waals surface area (Å²) in [4.78, 5) is 0.612. The van der Waals surface area contributed by atoms with Gasteiger partial charge in [-0.1, -0.05) is 6.07 Å². The molecule has 0 saturated heterocycles. The molecule has 0 spiro atoms. The number of nitrogens with two attached hydrogens (primary N) is 1. The van der Waals surface area contributed by atoms with Gasteiger partial charge in [-0.05, 0) is 24.0 Å². The van der Waals surface area contributed by atoms with Gasteiger partial charge in [0.05, 0.1) is 6.20 Å². The van der Waals surface area contributed by atoms with Crippen LogP contribution in [-0.4, -0.2) is 16.0 Å². The van der Waals surface area contributed by atoms with Gasteiger partial charge in [0.1, 0.15) is 11.6 Å². The first-order valence-electron chi connectivity index (χ1n) is 4.75. The van der Waals surface area contributed by atoms with Crippen molar-refractivity contribution < 1.29 is 4.39 Å². The maximum Gasteiger partial charge on any atom is 0.136 e. The monoisotopic (exact) mass is 237 g/mol. The molecule has 84 valence electrons. The third-order valence-corrected chi connectivity index (χ3v) is 3.20. The van der Waals surface area contributed by atoms with Gasteiger partial charge < -0.3 is 5.73 Å². The van der Waals surface area contributed by atoms with Crippen molar-refractivity contribution in [3.8, 4) is 11.1 Å². The summed E-state index contributed by atoms with van der Waals surface area (Å²) >= 11 is 1.37. The number of benzene rings is 1. The zero-order valence-corrected chi connectivity index (χ0v) is 9.88. The Labute approximate surface area is 97.5 Å². The summed E-state index contributed by atoms with van der Waals surface area (Å²) in [5.41, 5.74) is 7.58. The van der Waals surface area contributed by atoms with Crippen molar-refractivity contribution in [1.29, 1.82) is 0 Å². The van der Waals surface area contributed by atoms with Crippen molar-refractivity contribution in [3.05, 3.63) is 30.2 Å². The number of anilines is 1. The summed E-state index contributed by atoms with van der Waals surface area (Å²) in [6, 6.07) is 4.95. The molecular weight excluding hydrogens is 225 g/mol. The summed E-state index contributed by atoms with van der Waals surface area (Å²) in [5.74, 6) is 0.373. The number of nitrogens with zero attached hydrogens (tertiary/aromatic N) is 2. The van der Waals surface area contributed by atoms with E-state index in [1.807, 2.05) is 6.26 Å². The molecule has 0 aliphatic carbocycles. The largest absolute Gasteiger partial charge is 0.383 e. The van der Waals surface area contributed by atoms with Gasteiger partial charge in [0.25, 0.3) is 0 Å². The van der Waals surface area contributed by atoms with Crippen molar-refractivity contribution in [2.75, 3.05) is 12.0 Å². The zero-order valence-electron chi connectivity index (χ0n) is 9.07. The van der Waals surface area contributed by atoms with E-state index >= 15 is 0 Å². The topological polar surface area (TPSA) is 43.8 Å². The zero-order chi connectivity index (χ0) is 11.7. The van der Waals surface area contributed by atoms with Gasteiger partial charge in [-0.2, -0.15) is 5.10 Å². The molecule has 5 heteroatoms. The van der Waals surface area contributed by atoms with Crippen molar-refractivity contribution in [1.82, 2.24) is 9.78 Å². The standard InChI is InChI=1S/C11H12FN3S/c1-15-11(13)8(6-14-15)7-3-4-9(12)10(5-7)16-2/h3-6H,13H2,1-2H3. The third-order valence-electron chi connectivity index (χ3n) is 2.45. The number of aryl methyl sites for hydroxylation is 1. The minimum atomic E-state index is -0.210. The van der Waals surface area contributed by atoms with Gasteiger partial charge in [-0.3, -0.25) is 4.68 Å². The van der Waals surface area contributed by atoms with Crippen LogP contribution in [0.2, 0.25) is 0 Å². The van der Waals surface area contributed by atoms with Crippen LogP contribution < -0.4 is 5.73 Å². The fourth-order valence-electron chi connectivity index (χ4n) is 1.50. The second kappa shape index (κ2) is 4.17. The number of hydrogen-bond donors (Lipinski definition) is 1. The normalized spacial score (nSPS) is 10.7. The van der Waals surface area contributed by atoms with Crippen LogP contribution in [0.15, 0.2) is 29.3 Å². The van der Waals surface area contributed by atoms with Crippen LogP contribution in [0.5, 0.6) is 0 Å². The Bertz CT molecular complexity index is 522. The molecule has 0 unspecified atom stereocenters. The van der Waals surface area contributed by atoms with E-state index in [4.69, 9.17) is 5.73 Å². The Hall–Kier alpha value is -1.49. The molecule has 0 atom stereocenters. The molecule has 3 nitrogen and oxygen atoms in total. The summed E-state index contributed by atoms with van der Waals surface area (Å²) < 4.78 is 14.9. The Morgan fingerprint density at radius 3 is 2.75 bits per heavy atom. The van der Waals surface area contributed by atoms with E-state index in [2.05, 4.69) is 5.10 Å². The van der Waals surface area contributed by atoms with Crippen LogP contribution in [0.1, 0.15) is 0 Å². The lowest BCUT2D eigenvalue weighted by Gasteiger charge is -2.04. The molecule has 0 fully saturated rings. The molecule has 16 heavy (non-hydrogen) atoms. The smallest absolute Gasteiger partial charge is 0.136 e. The van der Waals surface area contributed by atoms with E-state index in [-0.39, 0.29) is 5.82 Å². The minimum absolute atomic E-state index is 0.210. The fraction of sp³-hybridized carbons (Fsp3) is 0.182. The highest BCUT2D eigenvalue weighted by Crippen LogP contribution is 2.29. The third kappa shape index (κ3) is 1.78. The minimum Gasteiger partial charge on any atom is -0.383 e. The van der Waals surface area contributed by atoms with Crippen molar-refractivity contribution in [2.45, 2.75) is 4.90 Å². The van der Waals surface area contributed by atoms with Crippen LogP contribution >= 0.6 is 11.8 Å². The lowest BCUT2D eigenvalue weighted by Crippen LogP contribution is -1.98. The Balaban J connectivity index is 2.52. The van der Waals surface area contributed by atoms with E-state index in [0.717, 1.165) is 11.1 Å². The van der Waals surface area contributed by atoms with E-state index in [1.54, 1.807) is 30.1 Å². The fourth-order valence-corrected chi connectivity index (χ4v) is 2.00. The predicted octanol–water partition coefficient (Wildman–Crippen LogP) is 2.53. The van der Waals surface area contributed by atoms with Crippen LogP contribution in [0.4, 0.5) is 10.2 Å². The molecular formula is C11H12FN3S. The lowest BCUT2D eigenvalue weighted by molar-refractivity contribution is 0.602. The summed E-state index contributed by atoms with van der Waals surface area (Å²) in [6.45, 7) is 0. The highest BCUT2D eigenvalue weighted by Gasteiger charge is 2.09. The number of aromatic nitrogens is 2. The van der Waals surface area contributed by atoms with Crippen LogP contribution in [-0.2, 0) is 7.05 Å².